The second kappa shape index (κ2) is 6.77. The van der Waals surface area contributed by atoms with Crippen LogP contribution in [0.4, 0.5) is 30.2 Å². The summed E-state index contributed by atoms with van der Waals surface area (Å²) in [5.74, 6) is -0.276. The normalized spacial score (nSPS) is 13.0. The van der Waals surface area contributed by atoms with Crippen molar-refractivity contribution in [2.24, 2.45) is 5.92 Å². The van der Waals surface area contributed by atoms with Gasteiger partial charge >= 0.3 is 6.18 Å². The standard InChI is InChI=1S/C12H14F3N3O5/c1-6(2)8(5-19)16-11-9(17(20)21)3-7(12(13,14)15)4-10(11)18(22)23/h3-4,6,8,16,19H,5H2,1-2H3/t8-/m1/s1. The minimum Gasteiger partial charge on any atom is -0.394 e. The summed E-state index contributed by atoms with van der Waals surface area (Å²) in [6.07, 6.45) is -4.97. The molecule has 2 N–H and O–H groups in total. The monoisotopic (exact) mass is 337 g/mol. The fourth-order valence-electron chi connectivity index (χ4n) is 1.82. The molecule has 1 aromatic carbocycles. The molecule has 0 saturated carbocycles. The summed E-state index contributed by atoms with van der Waals surface area (Å²) in [7, 11) is 0. The molecule has 128 valence electrons. The van der Waals surface area contributed by atoms with E-state index in [4.69, 9.17) is 0 Å². The molecule has 1 rings (SSSR count). The molecule has 1 aromatic rings. The number of nitro benzene ring substituents is 2. The van der Waals surface area contributed by atoms with E-state index in [9.17, 15) is 38.5 Å². The summed E-state index contributed by atoms with van der Waals surface area (Å²) in [5.41, 5.74) is -4.32. The maximum atomic E-state index is 12.8. The van der Waals surface area contributed by atoms with E-state index in [0.29, 0.717) is 0 Å². The second-order valence-electron chi connectivity index (χ2n) is 5.08. The van der Waals surface area contributed by atoms with Crippen LogP contribution in [0.1, 0.15) is 19.4 Å². The van der Waals surface area contributed by atoms with Gasteiger partial charge in [-0.15, -0.1) is 0 Å². The van der Waals surface area contributed by atoms with Crippen LogP contribution in [-0.4, -0.2) is 27.6 Å². The number of aliphatic hydroxyl groups is 1. The minimum absolute atomic E-state index is 0.226. The molecule has 0 unspecified atom stereocenters. The van der Waals surface area contributed by atoms with Crippen molar-refractivity contribution in [2.45, 2.75) is 26.1 Å². The molecule has 0 amide bonds. The number of hydrogen-bond donors (Lipinski definition) is 2. The number of nitrogens with zero attached hydrogens (tertiary/aromatic N) is 2. The molecule has 0 aliphatic carbocycles. The Kier molecular flexibility index (Phi) is 5.48. The van der Waals surface area contributed by atoms with E-state index in [-0.39, 0.29) is 18.1 Å². The maximum absolute atomic E-state index is 12.8. The van der Waals surface area contributed by atoms with Crippen LogP contribution in [0.3, 0.4) is 0 Å². The number of nitro groups is 2. The summed E-state index contributed by atoms with van der Waals surface area (Å²) >= 11 is 0. The van der Waals surface area contributed by atoms with Gasteiger partial charge in [0.15, 0.2) is 5.69 Å². The Morgan fingerprint density at radius 1 is 1.17 bits per heavy atom. The van der Waals surface area contributed by atoms with Gasteiger partial charge in [-0.2, -0.15) is 13.2 Å². The van der Waals surface area contributed by atoms with Gasteiger partial charge in [-0.1, -0.05) is 13.8 Å². The zero-order valence-electron chi connectivity index (χ0n) is 12.1. The molecule has 0 aliphatic heterocycles. The van der Waals surface area contributed by atoms with E-state index in [1.54, 1.807) is 13.8 Å². The lowest BCUT2D eigenvalue weighted by Gasteiger charge is -2.21. The number of anilines is 1. The summed E-state index contributed by atoms with van der Waals surface area (Å²) in [5, 5.41) is 33.7. The SMILES string of the molecule is CC(C)[C@@H](CO)Nc1c([N+](=O)[O-])cc(C(F)(F)F)cc1[N+](=O)[O-]. The van der Waals surface area contributed by atoms with Crippen molar-refractivity contribution in [2.75, 3.05) is 11.9 Å². The third-order valence-electron chi connectivity index (χ3n) is 3.15. The van der Waals surface area contributed by atoms with E-state index in [0.717, 1.165) is 0 Å². The van der Waals surface area contributed by atoms with Crippen molar-refractivity contribution in [1.82, 2.24) is 0 Å². The molecule has 0 radical (unpaired) electrons. The molecule has 0 saturated heterocycles. The van der Waals surface area contributed by atoms with Crippen LogP contribution in [0.25, 0.3) is 0 Å². The van der Waals surface area contributed by atoms with Gasteiger partial charge < -0.3 is 10.4 Å². The summed E-state index contributed by atoms with van der Waals surface area (Å²) in [6, 6.07) is -0.349. The number of nitrogens with one attached hydrogen (secondary N) is 1. The Labute approximate surface area is 128 Å². The van der Waals surface area contributed by atoms with Gasteiger partial charge in [0.2, 0.25) is 0 Å². The van der Waals surface area contributed by atoms with Crippen LogP contribution in [-0.2, 0) is 6.18 Å². The third-order valence-corrected chi connectivity index (χ3v) is 3.15. The van der Waals surface area contributed by atoms with Gasteiger partial charge in [-0.3, -0.25) is 20.2 Å². The van der Waals surface area contributed by atoms with Gasteiger partial charge in [-0.25, -0.2) is 0 Å². The van der Waals surface area contributed by atoms with E-state index in [1.807, 2.05) is 0 Å². The first-order valence-electron chi connectivity index (χ1n) is 6.40. The van der Waals surface area contributed by atoms with E-state index in [2.05, 4.69) is 5.32 Å². The first-order valence-corrected chi connectivity index (χ1v) is 6.40. The van der Waals surface area contributed by atoms with E-state index in [1.165, 1.54) is 0 Å². The van der Waals surface area contributed by atoms with E-state index >= 15 is 0 Å². The molecule has 11 heteroatoms. The first-order chi connectivity index (χ1) is 10.5. The summed E-state index contributed by atoms with van der Waals surface area (Å²) in [4.78, 5) is 19.8. The second-order valence-corrected chi connectivity index (χ2v) is 5.08. The highest BCUT2D eigenvalue weighted by Gasteiger charge is 2.38. The van der Waals surface area contributed by atoms with Crippen molar-refractivity contribution in [3.05, 3.63) is 37.9 Å². The van der Waals surface area contributed by atoms with Gasteiger partial charge in [0, 0.05) is 12.1 Å². The lowest BCUT2D eigenvalue weighted by atomic mass is 10.0. The zero-order chi connectivity index (χ0) is 17.9. The molecule has 0 fully saturated rings. The Bertz CT molecular complexity index is 583. The van der Waals surface area contributed by atoms with Crippen molar-refractivity contribution < 1.29 is 28.1 Å². The Hall–Kier alpha value is -2.43. The number of halogens is 3. The van der Waals surface area contributed by atoms with Gasteiger partial charge in [0.25, 0.3) is 11.4 Å². The fraction of sp³-hybridized carbons (Fsp3) is 0.500. The molecule has 23 heavy (non-hydrogen) atoms. The van der Waals surface area contributed by atoms with E-state index < -0.39 is 51.3 Å². The van der Waals surface area contributed by atoms with Crippen molar-refractivity contribution in [3.8, 4) is 0 Å². The van der Waals surface area contributed by atoms with Gasteiger partial charge in [-0.05, 0) is 5.92 Å². The number of aliphatic hydroxyl groups excluding tert-OH is 1. The average Bonchev–Trinajstić information content (AvgIpc) is 2.42. The Balaban J connectivity index is 3.59. The fourth-order valence-corrected chi connectivity index (χ4v) is 1.82. The lowest BCUT2D eigenvalue weighted by molar-refractivity contribution is -0.392. The van der Waals surface area contributed by atoms with Crippen LogP contribution in [0.15, 0.2) is 12.1 Å². The zero-order valence-corrected chi connectivity index (χ0v) is 12.1. The molecule has 0 heterocycles. The average molecular weight is 337 g/mol. The predicted molar refractivity (Wildman–Crippen MR) is 74.1 cm³/mol. The maximum Gasteiger partial charge on any atom is 0.416 e. The highest BCUT2D eigenvalue weighted by molar-refractivity contribution is 5.75. The number of hydrogen-bond acceptors (Lipinski definition) is 6. The molecule has 1 atom stereocenters. The van der Waals surface area contributed by atoms with Crippen molar-refractivity contribution >= 4 is 17.1 Å². The van der Waals surface area contributed by atoms with Crippen LogP contribution in [0, 0.1) is 26.1 Å². The smallest absolute Gasteiger partial charge is 0.394 e. The van der Waals surface area contributed by atoms with Crippen LogP contribution < -0.4 is 5.32 Å². The Morgan fingerprint density at radius 2 is 1.61 bits per heavy atom. The molecule has 0 spiro atoms. The van der Waals surface area contributed by atoms with Crippen LogP contribution >= 0.6 is 0 Å². The van der Waals surface area contributed by atoms with Crippen molar-refractivity contribution in [3.63, 3.8) is 0 Å². The van der Waals surface area contributed by atoms with Crippen LogP contribution in [0.5, 0.6) is 0 Å². The lowest BCUT2D eigenvalue weighted by Crippen LogP contribution is -2.30. The molecule has 8 nitrogen and oxygen atoms in total. The van der Waals surface area contributed by atoms with Crippen molar-refractivity contribution in [1.29, 1.82) is 0 Å². The molecule has 0 bridgehead atoms. The largest absolute Gasteiger partial charge is 0.416 e. The highest BCUT2D eigenvalue weighted by atomic mass is 19.4. The minimum atomic E-state index is -4.97. The molecule has 0 aromatic heterocycles. The highest BCUT2D eigenvalue weighted by Crippen LogP contribution is 2.41. The third kappa shape index (κ3) is 4.28. The quantitative estimate of drug-likeness (QED) is 0.608. The van der Waals surface area contributed by atoms with Crippen LogP contribution in [0.2, 0.25) is 0 Å². The first kappa shape index (κ1) is 18.6. The summed E-state index contributed by atoms with van der Waals surface area (Å²) < 4.78 is 38.3. The number of rotatable bonds is 6. The van der Waals surface area contributed by atoms with Gasteiger partial charge in [0.05, 0.1) is 28.1 Å². The number of alkyl halides is 3. The number of benzene rings is 1. The molecular formula is C12H14F3N3O5. The molecule has 0 aliphatic rings. The predicted octanol–water partition coefficient (Wildman–Crippen LogP) is 2.95. The van der Waals surface area contributed by atoms with Gasteiger partial charge in [0.1, 0.15) is 0 Å². The molecular weight excluding hydrogens is 323 g/mol. The summed E-state index contributed by atoms with van der Waals surface area (Å²) in [6.45, 7) is 2.76. The topological polar surface area (TPSA) is 119 Å². The Morgan fingerprint density at radius 3 is 1.87 bits per heavy atom.